The van der Waals surface area contributed by atoms with Crippen molar-refractivity contribution in [3.8, 4) is 21.9 Å². The number of hydrogen-bond acceptors (Lipinski definition) is 3. The van der Waals surface area contributed by atoms with Crippen molar-refractivity contribution in [3.05, 3.63) is 152 Å². The molecule has 0 bridgehead atoms. The van der Waals surface area contributed by atoms with Gasteiger partial charge in [0.25, 0.3) is 0 Å². The van der Waals surface area contributed by atoms with E-state index in [-0.39, 0.29) is 0 Å². The first kappa shape index (κ1) is 26.3. The molecule has 0 saturated carbocycles. The number of hydrogen-bond donors (Lipinski definition) is 0. The monoisotopic (exact) mass is 647 g/mol. The maximum atomic E-state index is 5.35. The molecule has 0 radical (unpaired) electrons. The lowest BCUT2D eigenvalue weighted by Gasteiger charge is -2.08. The molecule has 0 amide bonds. The van der Waals surface area contributed by atoms with Crippen LogP contribution in [0.15, 0.2) is 152 Å². The van der Waals surface area contributed by atoms with Gasteiger partial charge in [-0.15, -0.1) is 11.3 Å². The van der Waals surface area contributed by atoms with Crippen LogP contribution in [0.25, 0.3) is 95.9 Å². The molecule has 224 valence electrons. The first-order chi connectivity index (χ1) is 23.8. The summed E-state index contributed by atoms with van der Waals surface area (Å²) in [5, 5.41) is 8.56. The van der Waals surface area contributed by atoms with E-state index in [1.54, 1.807) is 11.3 Å². The number of thiophene rings is 1. The lowest BCUT2D eigenvalue weighted by molar-refractivity contribution is 1.15. The summed E-state index contributed by atoms with van der Waals surface area (Å²) in [5.41, 5.74) is 9.52. The lowest BCUT2D eigenvalue weighted by Crippen LogP contribution is -1.94. The van der Waals surface area contributed by atoms with E-state index in [0.29, 0.717) is 0 Å². The van der Waals surface area contributed by atoms with Crippen LogP contribution in [0.2, 0.25) is 0 Å². The minimum atomic E-state index is 0.994. The van der Waals surface area contributed by atoms with Crippen molar-refractivity contribution in [2.24, 2.45) is 0 Å². The summed E-state index contributed by atoms with van der Waals surface area (Å²) in [7, 11) is 0. The molecule has 48 heavy (non-hydrogen) atoms. The van der Waals surface area contributed by atoms with E-state index in [1.807, 2.05) is 11.3 Å². The number of para-hydroxylation sites is 3. The Morgan fingerprint density at radius 3 is 1.81 bits per heavy atom. The zero-order chi connectivity index (χ0) is 31.3. The minimum absolute atomic E-state index is 0.994. The van der Waals surface area contributed by atoms with Gasteiger partial charge in [-0.05, 0) is 59.7 Å². The molecule has 0 N–H and O–H groups in total. The SMILES string of the molecule is c1ccc(-c2cccc3c2sc2ccc4nc(-n5c6ccccc6c6cc7c(cc65)c5ccccc5n7-c5ccccc5)sc4c23)cc1. The molecule has 0 unspecified atom stereocenters. The van der Waals surface area contributed by atoms with E-state index in [1.165, 1.54) is 85.3 Å². The number of thiazole rings is 1. The fourth-order valence-electron chi connectivity index (χ4n) is 7.69. The third kappa shape index (κ3) is 3.60. The van der Waals surface area contributed by atoms with E-state index in [9.17, 15) is 0 Å². The van der Waals surface area contributed by atoms with Crippen LogP contribution < -0.4 is 0 Å². The van der Waals surface area contributed by atoms with Gasteiger partial charge in [-0.2, -0.15) is 0 Å². The molecule has 3 nitrogen and oxygen atoms in total. The smallest absolute Gasteiger partial charge is 0.195 e. The van der Waals surface area contributed by atoms with Gasteiger partial charge in [-0.3, -0.25) is 4.57 Å². The second kappa shape index (κ2) is 9.88. The molecule has 0 fully saturated rings. The highest BCUT2D eigenvalue weighted by Gasteiger charge is 2.21. The predicted octanol–water partition coefficient (Wildman–Crippen LogP) is 12.5. The zero-order valence-corrected chi connectivity index (χ0v) is 27.2. The van der Waals surface area contributed by atoms with Gasteiger partial charge >= 0.3 is 0 Å². The Morgan fingerprint density at radius 1 is 0.438 bits per heavy atom. The van der Waals surface area contributed by atoms with E-state index in [2.05, 4.69) is 161 Å². The topological polar surface area (TPSA) is 22.8 Å². The van der Waals surface area contributed by atoms with Crippen LogP contribution in [0, 0.1) is 0 Å². The van der Waals surface area contributed by atoms with Gasteiger partial charge in [0, 0.05) is 47.4 Å². The summed E-state index contributed by atoms with van der Waals surface area (Å²) < 4.78 is 8.66. The van der Waals surface area contributed by atoms with Gasteiger partial charge in [0.15, 0.2) is 5.13 Å². The third-order valence-corrected chi connectivity index (χ3v) is 12.0. The van der Waals surface area contributed by atoms with Crippen LogP contribution in [0.3, 0.4) is 0 Å². The zero-order valence-electron chi connectivity index (χ0n) is 25.6. The van der Waals surface area contributed by atoms with E-state index in [0.717, 1.165) is 10.6 Å². The summed E-state index contributed by atoms with van der Waals surface area (Å²) in [6, 6.07) is 54.9. The summed E-state index contributed by atoms with van der Waals surface area (Å²) in [6.45, 7) is 0. The van der Waals surface area contributed by atoms with Crippen LogP contribution in [0.4, 0.5) is 0 Å². The summed E-state index contributed by atoms with van der Waals surface area (Å²) in [4.78, 5) is 5.35. The van der Waals surface area contributed by atoms with Crippen LogP contribution in [-0.2, 0) is 0 Å². The Kier molecular flexibility index (Phi) is 5.42. The van der Waals surface area contributed by atoms with Crippen LogP contribution in [-0.4, -0.2) is 14.1 Å². The fraction of sp³-hybridized carbons (Fsp3) is 0. The van der Waals surface area contributed by atoms with Crippen molar-refractivity contribution in [2.45, 2.75) is 0 Å². The van der Waals surface area contributed by atoms with Crippen LogP contribution >= 0.6 is 22.7 Å². The van der Waals surface area contributed by atoms with Crippen molar-refractivity contribution in [3.63, 3.8) is 0 Å². The predicted molar refractivity (Wildman–Crippen MR) is 207 cm³/mol. The molecular formula is C43H25N3S2. The molecule has 11 rings (SSSR count). The molecule has 11 aromatic rings. The summed E-state index contributed by atoms with van der Waals surface area (Å²) in [5.74, 6) is 0. The summed E-state index contributed by atoms with van der Waals surface area (Å²) >= 11 is 3.68. The lowest BCUT2D eigenvalue weighted by atomic mass is 10.0. The number of aromatic nitrogens is 3. The van der Waals surface area contributed by atoms with Gasteiger partial charge in [-0.1, -0.05) is 114 Å². The van der Waals surface area contributed by atoms with Crippen molar-refractivity contribution in [1.82, 2.24) is 14.1 Å². The first-order valence-corrected chi connectivity index (χ1v) is 17.8. The molecule has 0 atom stereocenters. The Bertz CT molecular complexity index is 3050. The van der Waals surface area contributed by atoms with Gasteiger partial charge in [0.05, 0.1) is 32.3 Å². The molecule has 4 aromatic heterocycles. The van der Waals surface area contributed by atoms with Crippen LogP contribution in [0.1, 0.15) is 0 Å². The Hall–Kier alpha value is -5.75. The molecule has 5 heteroatoms. The average molecular weight is 648 g/mol. The standard InChI is InChI=1S/C43H25N3S2/c1-3-12-26(13-4-1)28-18-11-19-31-40-39(47-41(28)31)23-22-34-42(40)48-43(44-34)46-36-21-10-8-17-30(36)33-24-37-32(25-38(33)46)29-16-7-9-20-35(29)45(37)27-14-5-2-6-15-27/h1-25H. The maximum absolute atomic E-state index is 5.35. The molecule has 4 heterocycles. The molecule has 0 spiro atoms. The molecule has 0 saturated heterocycles. The summed E-state index contributed by atoms with van der Waals surface area (Å²) in [6.07, 6.45) is 0. The van der Waals surface area contributed by atoms with Crippen molar-refractivity contribution < 1.29 is 0 Å². The number of fused-ring (bicyclic) bond motifs is 11. The molecule has 0 aliphatic rings. The largest absolute Gasteiger partial charge is 0.309 e. The average Bonchev–Trinajstić information content (AvgIpc) is 3.90. The van der Waals surface area contributed by atoms with E-state index < -0.39 is 0 Å². The quantitative estimate of drug-likeness (QED) is 0.187. The normalized spacial score (nSPS) is 12.2. The van der Waals surface area contributed by atoms with E-state index >= 15 is 0 Å². The van der Waals surface area contributed by atoms with Crippen molar-refractivity contribution in [2.75, 3.05) is 0 Å². The van der Waals surface area contributed by atoms with E-state index in [4.69, 9.17) is 4.98 Å². The maximum Gasteiger partial charge on any atom is 0.195 e. The van der Waals surface area contributed by atoms with Crippen LogP contribution in [0.5, 0.6) is 0 Å². The number of rotatable bonds is 3. The molecular weight excluding hydrogens is 623 g/mol. The second-order valence-electron chi connectivity index (χ2n) is 12.4. The molecule has 7 aromatic carbocycles. The van der Waals surface area contributed by atoms with Gasteiger partial charge < -0.3 is 4.57 Å². The highest BCUT2D eigenvalue weighted by Crippen LogP contribution is 2.46. The van der Waals surface area contributed by atoms with Crippen molar-refractivity contribution >= 4 is 96.7 Å². The second-order valence-corrected chi connectivity index (χ2v) is 14.4. The Balaban J connectivity index is 1.21. The third-order valence-electron chi connectivity index (χ3n) is 9.76. The highest BCUT2D eigenvalue weighted by molar-refractivity contribution is 7.28. The number of benzene rings is 7. The minimum Gasteiger partial charge on any atom is -0.309 e. The fourth-order valence-corrected chi connectivity index (χ4v) is 10.2. The molecule has 0 aliphatic heterocycles. The Labute approximate surface area is 283 Å². The van der Waals surface area contributed by atoms with Crippen molar-refractivity contribution in [1.29, 1.82) is 0 Å². The number of nitrogens with zero attached hydrogens (tertiary/aromatic N) is 3. The van der Waals surface area contributed by atoms with Gasteiger partial charge in [0.2, 0.25) is 0 Å². The Morgan fingerprint density at radius 2 is 1.06 bits per heavy atom. The molecule has 0 aliphatic carbocycles. The van der Waals surface area contributed by atoms with Gasteiger partial charge in [0.1, 0.15) is 0 Å². The van der Waals surface area contributed by atoms with Gasteiger partial charge in [-0.25, -0.2) is 4.98 Å². The highest BCUT2D eigenvalue weighted by atomic mass is 32.1. The first-order valence-electron chi connectivity index (χ1n) is 16.1.